The van der Waals surface area contributed by atoms with Gasteiger partial charge < -0.3 is 5.73 Å². The molecule has 4 nitrogen and oxygen atoms in total. The number of hydrogen-bond donors (Lipinski definition) is 1. The van der Waals surface area contributed by atoms with Crippen LogP contribution in [0, 0.1) is 11.6 Å². The Morgan fingerprint density at radius 3 is 2.67 bits per heavy atom. The van der Waals surface area contributed by atoms with E-state index in [0.717, 1.165) is 41.8 Å². The predicted molar refractivity (Wildman–Crippen MR) is 101 cm³/mol. The molecule has 3 aromatic rings. The van der Waals surface area contributed by atoms with Gasteiger partial charge in [0.05, 0.1) is 11.7 Å². The number of aromatic nitrogens is 2. The normalized spacial score (nSPS) is 17.3. The fraction of sp³-hybridized carbons (Fsp3) is 0.238. The minimum atomic E-state index is -0.301. The van der Waals surface area contributed by atoms with Crippen molar-refractivity contribution in [1.82, 2.24) is 14.9 Å². The molecular formula is C21H20F2N4. The van der Waals surface area contributed by atoms with E-state index in [9.17, 15) is 8.78 Å². The molecule has 0 saturated carbocycles. The van der Waals surface area contributed by atoms with Crippen molar-refractivity contribution in [3.05, 3.63) is 77.6 Å². The Morgan fingerprint density at radius 2 is 1.89 bits per heavy atom. The van der Waals surface area contributed by atoms with Gasteiger partial charge in [0.15, 0.2) is 0 Å². The van der Waals surface area contributed by atoms with E-state index in [4.69, 9.17) is 5.73 Å². The molecule has 1 aromatic heterocycles. The van der Waals surface area contributed by atoms with E-state index in [0.29, 0.717) is 6.54 Å². The number of rotatable bonds is 4. The lowest BCUT2D eigenvalue weighted by atomic mass is 9.99. The lowest BCUT2D eigenvalue weighted by molar-refractivity contribution is 0.245. The molecule has 0 bridgehead atoms. The molecule has 4 rings (SSSR count). The first-order valence-corrected chi connectivity index (χ1v) is 8.97. The quantitative estimate of drug-likeness (QED) is 0.746. The van der Waals surface area contributed by atoms with Crippen LogP contribution in [0.4, 0.5) is 14.7 Å². The first-order valence-electron chi connectivity index (χ1n) is 8.97. The largest absolute Gasteiger partial charge is 0.368 e. The highest BCUT2D eigenvalue weighted by Crippen LogP contribution is 2.37. The Morgan fingerprint density at radius 1 is 1.07 bits per heavy atom. The third-order valence-electron chi connectivity index (χ3n) is 4.95. The van der Waals surface area contributed by atoms with Gasteiger partial charge in [-0.2, -0.15) is 0 Å². The van der Waals surface area contributed by atoms with Crippen LogP contribution in [0.25, 0.3) is 11.1 Å². The Kier molecular flexibility index (Phi) is 4.81. The summed E-state index contributed by atoms with van der Waals surface area (Å²) in [5, 5.41) is 0. The molecule has 138 valence electrons. The van der Waals surface area contributed by atoms with Crippen molar-refractivity contribution in [2.24, 2.45) is 0 Å². The highest BCUT2D eigenvalue weighted by Gasteiger charge is 2.30. The molecule has 2 heterocycles. The van der Waals surface area contributed by atoms with Gasteiger partial charge in [0, 0.05) is 18.3 Å². The lowest BCUT2D eigenvalue weighted by Crippen LogP contribution is -2.24. The molecule has 1 aliphatic rings. The predicted octanol–water partition coefficient (Wildman–Crippen LogP) is 4.34. The third-order valence-corrected chi connectivity index (χ3v) is 4.95. The maximum Gasteiger partial charge on any atom is 0.220 e. The second kappa shape index (κ2) is 7.40. The smallest absolute Gasteiger partial charge is 0.220 e. The van der Waals surface area contributed by atoms with Gasteiger partial charge in [0.2, 0.25) is 5.95 Å². The first-order chi connectivity index (χ1) is 13.1. The minimum absolute atomic E-state index is 0.0543. The molecule has 1 aliphatic heterocycles. The standard InChI is InChI=1S/C21H20F2N4/c22-16-8-6-14(7-9-16)13-27-10-2-5-19(27)20-18(12-25-21(24)26-20)15-3-1-4-17(23)11-15/h1,3-4,6-9,11-12,19H,2,5,10,13H2,(H2,24,25,26). The molecule has 27 heavy (non-hydrogen) atoms. The topological polar surface area (TPSA) is 55.0 Å². The van der Waals surface area contributed by atoms with Crippen LogP contribution in [0.3, 0.4) is 0 Å². The molecule has 2 aromatic carbocycles. The van der Waals surface area contributed by atoms with E-state index >= 15 is 0 Å². The molecule has 0 amide bonds. The van der Waals surface area contributed by atoms with Crippen LogP contribution in [0.2, 0.25) is 0 Å². The molecule has 6 heteroatoms. The number of nitrogens with zero attached hydrogens (tertiary/aromatic N) is 3. The molecule has 0 spiro atoms. The zero-order valence-corrected chi connectivity index (χ0v) is 14.8. The highest BCUT2D eigenvalue weighted by atomic mass is 19.1. The molecule has 0 radical (unpaired) electrons. The van der Waals surface area contributed by atoms with E-state index in [-0.39, 0.29) is 23.6 Å². The zero-order valence-electron chi connectivity index (χ0n) is 14.8. The van der Waals surface area contributed by atoms with Gasteiger partial charge in [-0.05, 0) is 54.8 Å². The molecule has 1 fully saturated rings. The number of nitrogens with two attached hydrogens (primary N) is 1. The zero-order chi connectivity index (χ0) is 18.8. The SMILES string of the molecule is Nc1ncc(-c2cccc(F)c2)c(C2CCCN2Cc2ccc(F)cc2)n1. The average Bonchev–Trinajstić information content (AvgIpc) is 3.11. The van der Waals surface area contributed by atoms with Crippen molar-refractivity contribution in [2.45, 2.75) is 25.4 Å². The Hall–Kier alpha value is -2.86. The van der Waals surface area contributed by atoms with Crippen molar-refractivity contribution in [3.63, 3.8) is 0 Å². The van der Waals surface area contributed by atoms with Gasteiger partial charge in [-0.25, -0.2) is 18.7 Å². The number of nitrogen functional groups attached to an aromatic ring is 1. The maximum atomic E-state index is 13.7. The number of hydrogen-bond acceptors (Lipinski definition) is 4. The van der Waals surface area contributed by atoms with E-state index in [2.05, 4.69) is 14.9 Å². The van der Waals surface area contributed by atoms with Crippen LogP contribution in [-0.4, -0.2) is 21.4 Å². The van der Waals surface area contributed by atoms with Gasteiger partial charge in [-0.15, -0.1) is 0 Å². The summed E-state index contributed by atoms with van der Waals surface area (Å²) in [5.41, 5.74) is 9.24. The van der Waals surface area contributed by atoms with E-state index in [1.165, 1.54) is 24.3 Å². The van der Waals surface area contributed by atoms with E-state index in [1.54, 1.807) is 24.4 Å². The highest BCUT2D eigenvalue weighted by molar-refractivity contribution is 5.66. The van der Waals surface area contributed by atoms with Gasteiger partial charge in [0.25, 0.3) is 0 Å². The van der Waals surface area contributed by atoms with Crippen molar-refractivity contribution in [3.8, 4) is 11.1 Å². The van der Waals surface area contributed by atoms with Crippen LogP contribution in [0.15, 0.2) is 54.7 Å². The summed E-state index contributed by atoms with van der Waals surface area (Å²) in [5.74, 6) is -0.336. The number of benzene rings is 2. The molecule has 2 N–H and O–H groups in total. The molecule has 0 aliphatic carbocycles. The van der Waals surface area contributed by atoms with Gasteiger partial charge >= 0.3 is 0 Å². The first kappa shape index (κ1) is 17.5. The second-order valence-electron chi connectivity index (χ2n) is 6.79. The van der Waals surface area contributed by atoms with Crippen molar-refractivity contribution < 1.29 is 8.78 Å². The van der Waals surface area contributed by atoms with E-state index < -0.39 is 0 Å². The Balaban J connectivity index is 1.69. The number of halogens is 2. The van der Waals surface area contributed by atoms with Crippen molar-refractivity contribution in [1.29, 1.82) is 0 Å². The van der Waals surface area contributed by atoms with Crippen LogP contribution in [0.1, 0.15) is 30.1 Å². The average molecular weight is 366 g/mol. The molecule has 1 unspecified atom stereocenters. The van der Waals surface area contributed by atoms with Crippen molar-refractivity contribution >= 4 is 5.95 Å². The van der Waals surface area contributed by atoms with Crippen LogP contribution in [-0.2, 0) is 6.54 Å². The fourth-order valence-electron chi connectivity index (χ4n) is 3.69. The van der Waals surface area contributed by atoms with Gasteiger partial charge in [0.1, 0.15) is 11.6 Å². The minimum Gasteiger partial charge on any atom is -0.368 e. The molecule has 1 atom stereocenters. The number of likely N-dealkylation sites (tertiary alicyclic amines) is 1. The third kappa shape index (κ3) is 3.80. The Labute approximate surface area is 156 Å². The van der Waals surface area contributed by atoms with Crippen LogP contribution >= 0.6 is 0 Å². The second-order valence-corrected chi connectivity index (χ2v) is 6.79. The maximum absolute atomic E-state index is 13.7. The summed E-state index contributed by atoms with van der Waals surface area (Å²) in [4.78, 5) is 10.9. The van der Waals surface area contributed by atoms with E-state index in [1.807, 2.05) is 6.07 Å². The summed E-state index contributed by atoms with van der Waals surface area (Å²) >= 11 is 0. The van der Waals surface area contributed by atoms with Crippen LogP contribution in [0.5, 0.6) is 0 Å². The lowest BCUT2D eigenvalue weighted by Gasteiger charge is -2.26. The van der Waals surface area contributed by atoms with Crippen LogP contribution < -0.4 is 5.73 Å². The summed E-state index contributed by atoms with van der Waals surface area (Å²) in [6.45, 7) is 1.60. The summed E-state index contributed by atoms with van der Waals surface area (Å²) < 4.78 is 26.9. The summed E-state index contributed by atoms with van der Waals surface area (Å²) in [7, 11) is 0. The monoisotopic (exact) mass is 366 g/mol. The van der Waals surface area contributed by atoms with Crippen molar-refractivity contribution in [2.75, 3.05) is 12.3 Å². The molecule has 1 saturated heterocycles. The number of anilines is 1. The Bertz CT molecular complexity index is 943. The summed E-state index contributed by atoms with van der Waals surface area (Å²) in [6, 6.07) is 13.0. The van der Waals surface area contributed by atoms with Gasteiger partial charge in [-0.3, -0.25) is 4.90 Å². The summed E-state index contributed by atoms with van der Waals surface area (Å²) in [6.07, 6.45) is 3.62. The van der Waals surface area contributed by atoms with Gasteiger partial charge in [-0.1, -0.05) is 24.3 Å². The molecular weight excluding hydrogens is 346 g/mol. The fourth-order valence-corrected chi connectivity index (χ4v) is 3.69.